The van der Waals surface area contributed by atoms with Crippen LogP contribution in [0.2, 0.25) is 0 Å². The quantitative estimate of drug-likeness (QED) is 0.0714. The summed E-state index contributed by atoms with van der Waals surface area (Å²) in [5, 5.41) is 19.2. The van der Waals surface area contributed by atoms with E-state index < -0.39 is 11.9 Å². The van der Waals surface area contributed by atoms with Crippen LogP contribution in [0.5, 0.6) is 11.5 Å². The minimum Gasteiger partial charge on any atom is -0.490 e. The maximum absolute atomic E-state index is 12.0. The fraction of sp³-hybridized carbons (Fsp3) is 0.707. The summed E-state index contributed by atoms with van der Waals surface area (Å²) in [6.07, 6.45) is 17.7. The molecule has 2 aliphatic carbocycles. The maximum Gasteiger partial charge on any atom is 0.333 e. The molecule has 2 aliphatic rings. The molecule has 0 unspecified atom stereocenters. The molecule has 1 aromatic rings. The van der Waals surface area contributed by atoms with Crippen molar-refractivity contribution in [2.45, 2.75) is 123 Å². The van der Waals surface area contributed by atoms with Gasteiger partial charge in [0.2, 0.25) is 0 Å². The van der Waals surface area contributed by atoms with E-state index in [0.717, 1.165) is 59.6 Å². The van der Waals surface area contributed by atoms with Crippen molar-refractivity contribution in [3.8, 4) is 11.5 Å². The average Bonchev–Trinajstić information content (AvgIpc) is 3.11. The van der Waals surface area contributed by atoms with Crippen LogP contribution in [0.25, 0.3) is 0 Å². The summed E-state index contributed by atoms with van der Waals surface area (Å²) in [7, 11) is 0. The molecule has 276 valence electrons. The summed E-state index contributed by atoms with van der Waals surface area (Å²) in [5.41, 5.74) is 2.74. The van der Waals surface area contributed by atoms with Crippen LogP contribution in [0.3, 0.4) is 0 Å². The van der Waals surface area contributed by atoms with Crippen LogP contribution in [0.1, 0.15) is 128 Å². The fourth-order valence-corrected chi connectivity index (χ4v) is 7.56. The molecule has 1 aromatic carbocycles. The highest BCUT2D eigenvalue weighted by Crippen LogP contribution is 2.47. The van der Waals surface area contributed by atoms with Crippen molar-refractivity contribution in [3.63, 3.8) is 0 Å². The highest BCUT2D eigenvalue weighted by molar-refractivity contribution is 5.87. The Kier molecular flexibility index (Phi) is 18.3. The van der Waals surface area contributed by atoms with E-state index in [-0.39, 0.29) is 45.6 Å². The molecule has 0 spiro atoms. The number of hydrogen-bond acceptors (Lipinski definition) is 8. The summed E-state index contributed by atoms with van der Waals surface area (Å²) in [6.45, 7) is 13.3. The number of aliphatic hydroxyl groups excluding tert-OH is 2. The van der Waals surface area contributed by atoms with E-state index in [4.69, 9.17) is 18.9 Å². The second kappa shape index (κ2) is 22.1. The van der Waals surface area contributed by atoms with Gasteiger partial charge in [0.25, 0.3) is 0 Å². The number of carbonyl (C=O) groups excluding carboxylic acids is 2. The van der Waals surface area contributed by atoms with Crippen molar-refractivity contribution in [1.29, 1.82) is 0 Å². The smallest absolute Gasteiger partial charge is 0.333 e. The van der Waals surface area contributed by atoms with Gasteiger partial charge in [0.15, 0.2) is 0 Å². The van der Waals surface area contributed by atoms with Crippen molar-refractivity contribution < 1.29 is 38.7 Å². The molecule has 2 N–H and O–H groups in total. The number of benzene rings is 1. The number of aryl methyl sites for hydroxylation is 1. The Hall–Kier alpha value is -2.84. The molecule has 8 heteroatoms. The third kappa shape index (κ3) is 13.8. The van der Waals surface area contributed by atoms with E-state index in [1.54, 1.807) is 13.8 Å². The summed E-state index contributed by atoms with van der Waals surface area (Å²) < 4.78 is 23.2. The van der Waals surface area contributed by atoms with Crippen LogP contribution < -0.4 is 9.47 Å². The molecule has 2 saturated carbocycles. The molecule has 3 rings (SSSR count). The minimum atomic E-state index is -0.443. The van der Waals surface area contributed by atoms with Crippen LogP contribution in [-0.2, 0) is 25.5 Å². The first-order valence-corrected chi connectivity index (χ1v) is 19.0. The minimum absolute atomic E-state index is 0.0623. The van der Waals surface area contributed by atoms with Gasteiger partial charge in [-0.2, -0.15) is 0 Å². The Labute approximate surface area is 295 Å². The number of carbonyl (C=O) groups is 2. The standard InChI is InChI=1S/C41H64O8/c1-6-7-8-10-31-13-15-33(16-14-31)34-17-19-35(20-18-34)37-26-38(46-21-23-48-40(44)29(2)3)36(12-9-11-32(27-42)28-43)25-39(37)47-22-24-49-41(45)30(4)5/h25-26,31-35,42-43H,2,4,6-24,27-28H2,1,3,5H3. The monoisotopic (exact) mass is 684 g/mol. The SMILES string of the molecule is C=C(C)C(=O)OCCOc1cc(C2CCC(C3CCC(CCCCC)CC3)CC2)c(OCCOC(=O)C(=C)C)cc1CCCC(CO)CO. The molecule has 0 saturated heterocycles. The normalized spacial score (nSPS) is 20.9. The zero-order valence-corrected chi connectivity index (χ0v) is 30.6. The van der Waals surface area contributed by atoms with Gasteiger partial charge in [-0.15, -0.1) is 0 Å². The van der Waals surface area contributed by atoms with Crippen molar-refractivity contribution in [2.24, 2.45) is 23.7 Å². The van der Waals surface area contributed by atoms with E-state index in [0.29, 0.717) is 29.9 Å². The third-order valence-corrected chi connectivity index (χ3v) is 10.6. The first-order valence-electron chi connectivity index (χ1n) is 19.0. The third-order valence-electron chi connectivity index (χ3n) is 10.6. The predicted octanol–water partition coefficient (Wildman–Crippen LogP) is 8.27. The van der Waals surface area contributed by atoms with Crippen LogP contribution in [0, 0.1) is 23.7 Å². The van der Waals surface area contributed by atoms with Gasteiger partial charge in [0.1, 0.15) is 37.9 Å². The zero-order valence-electron chi connectivity index (χ0n) is 30.6. The number of rotatable bonds is 22. The Bertz CT molecular complexity index is 1170. The van der Waals surface area contributed by atoms with Gasteiger partial charge in [0, 0.05) is 35.8 Å². The van der Waals surface area contributed by atoms with E-state index >= 15 is 0 Å². The second-order valence-electron chi connectivity index (χ2n) is 14.5. The van der Waals surface area contributed by atoms with Crippen molar-refractivity contribution in [3.05, 3.63) is 47.6 Å². The number of aliphatic hydroxyl groups is 2. The first-order chi connectivity index (χ1) is 23.7. The highest BCUT2D eigenvalue weighted by atomic mass is 16.6. The van der Waals surface area contributed by atoms with Crippen LogP contribution in [-0.4, -0.2) is 61.8 Å². The van der Waals surface area contributed by atoms with Crippen LogP contribution in [0.15, 0.2) is 36.4 Å². The summed E-state index contributed by atoms with van der Waals surface area (Å²) in [5.74, 6) is 3.32. The Morgan fingerprint density at radius 3 is 1.84 bits per heavy atom. The number of esters is 2. The van der Waals surface area contributed by atoms with E-state index in [1.165, 1.54) is 64.2 Å². The average molecular weight is 685 g/mol. The molecule has 49 heavy (non-hydrogen) atoms. The van der Waals surface area contributed by atoms with Gasteiger partial charge in [0.05, 0.1) is 0 Å². The molecule has 0 aliphatic heterocycles. The molecular weight excluding hydrogens is 620 g/mol. The highest BCUT2D eigenvalue weighted by Gasteiger charge is 2.32. The molecule has 0 bridgehead atoms. The largest absolute Gasteiger partial charge is 0.490 e. The molecule has 0 radical (unpaired) electrons. The molecular formula is C41H64O8. The molecule has 0 heterocycles. The number of hydrogen-bond donors (Lipinski definition) is 2. The lowest BCUT2D eigenvalue weighted by molar-refractivity contribution is -0.140. The lowest BCUT2D eigenvalue weighted by Crippen LogP contribution is -2.25. The van der Waals surface area contributed by atoms with E-state index in [2.05, 4.69) is 26.1 Å². The molecule has 0 amide bonds. The fourth-order valence-electron chi connectivity index (χ4n) is 7.56. The van der Waals surface area contributed by atoms with Gasteiger partial charge < -0.3 is 29.2 Å². The zero-order chi connectivity index (χ0) is 35.6. The predicted molar refractivity (Wildman–Crippen MR) is 194 cm³/mol. The van der Waals surface area contributed by atoms with Gasteiger partial charge in [-0.25, -0.2) is 9.59 Å². The van der Waals surface area contributed by atoms with Crippen molar-refractivity contribution >= 4 is 11.9 Å². The first kappa shape index (κ1) is 40.6. The van der Waals surface area contributed by atoms with Crippen LogP contribution in [0.4, 0.5) is 0 Å². The maximum atomic E-state index is 12.0. The topological polar surface area (TPSA) is 112 Å². The number of unbranched alkanes of at least 4 members (excludes halogenated alkanes) is 2. The lowest BCUT2D eigenvalue weighted by atomic mass is 9.68. The van der Waals surface area contributed by atoms with Gasteiger partial charge in [-0.05, 0) is 113 Å². The summed E-state index contributed by atoms with van der Waals surface area (Å²) in [4.78, 5) is 23.9. The lowest BCUT2D eigenvalue weighted by Gasteiger charge is -2.38. The molecule has 0 atom stereocenters. The van der Waals surface area contributed by atoms with E-state index in [1.807, 2.05) is 6.07 Å². The van der Waals surface area contributed by atoms with Crippen molar-refractivity contribution in [2.75, 3.05) is 39.6 Å². The second-order valence-corrected chi connectivity index (χ2v) is 14.5. The summed E-state index contributed by atoms with van der Waals surface area (Å²) >= 11 is 0. The van der Waals surface area contributed by atoms with Crippen LogP contribution >= 0.6 is 0 Å². The molecule has 2 fully saturated rings. The molecule has 0 aromatic heterocycles. The Morgan fingerprint density at radius 1 is 0.755 bits per heavy atom. The Morgan fingerprint density at radius 2 is 1.31 bits per heavy atom. The van der Waals surface area contributed by atoms with E-state index in [9.17, 15) is 19.8 Å². The molecule has 8 nitrogen and oxygen atoms in total. The van der Waals surface area contributed by atoms with Gasteiger partial charge in [-0.3, -0.25) is 0 Å². The Balaban J connectivity index is 1.75. The number of ether oxygens (including phenoxy) is 4. The summed E-state index contributed by atoms with van der Waals surface area (Å²) in [6, 6.07) is 4.15. The van der Waals surface area contributed by atoms with Gasteiger partial charge >= 0.3 is 11.9 Å². The van der Waals surface area contributed by atoms with Crippen molar-refractivity contribution in [1.82, 2.24) is 0 Å². The van der Waals surface area contributed by atoms with Gasteiger partial charge in [-0.1, -0.05) is 58.6 Å².